The van der Waals surface area contributed by atoms with Crippen LogP contribution < -0.4 is 48.1 Å². The van der Waals surface area contributed by atoms with Gasteiger partial charge in [-0.3, -0.25) is 5.32 Å². The number of anilines is 2. The molecule has 13 rings (SSSR count). The molecule has 5 heterocycles. The van der Waals surface area contributed by atoms with Crippen LogP contribution in [0.4, 0.5) is 11.9 Å². The minimum atomic E-state index is -2.01. The average Bonchev–Trinajstić information content (AvgIpc) is 1.97. The van der Waals surface area contributed by atoms with Crippen LogP contribution in [0.1, 0.15) is 67.7 Å². The predicted octanol–water partition coefficient (Wildman–Crippen LogP) is 7.83. The summed E-state index contributed by atoms with van der Waals surface area (Å²) in [4.78, 5) is 21.8. The van der Waals surface area contributed by atoms with E-state index in [1.54, 1.807) is 65.1 Å². The Kier molecular flexibility index (Phi) is 11.8. The number of ether oxygens (including phenoxy) is 9. The summed E-state index contributed by atoms with van der Waals surface area (Å²) in [5, 5.41) is 40.2. The van der Waals surface area contributed by atoms with E-state index < -0.39 is 40.3 Å². The van der Waals surface area contributed by atoms with Crippen molar-refractivity contribution >= 4 is 11.9 Å². The number of rotatable bonds is 14. The van der Waals surface area contributed by atoms with Gasteiger partial charge in [0.15, 0.2) is 28.6 Å². The second-order valence-electron chi connectivity index (χ2n) is 19.9. The van der Waals surface area contributed by atoms with E-state index in [4.69, 9.17) is 57.6 Å². The second-order valence-corrected chi connectivity index (χ2v) is 19.9. The quantitative estimate of drug-likeness (QED) is 0.0699. The molecular formula is C61H53N7O11. The van der Waals surface area contributed by atoms with E-state index in [9.17, 15) is 15.5 Å². The molecule has 0 saturated carbocycles. The van der Waals surface area contributed by atoms with Gasteiger partial charge in [0.1, 0.15) is 52.6 Å². The molecule has 3 N–H and O–H groups in total. The molecule has 2 aliphatic carbocycles. The van der Waals surface area contributed by atoms with Crippen molar-refractivity contribution in [2.24, 2.45) is 0 Å². The van der Waals surface area contributed by atoms with Gasteiger partial charge in [-0.1, -0.05) is 84.9 Å². The monoisotopic (exact) mass is 1060 g/mol. The lowest BCUT2D eigenvalue weighted by Gasteiger charge is -2.40. The summed E-state index contributed by atoms with van der Waals surface area (Å²) < 4.78 is 56.6. The number of morpholine rings is 1. The lowest BCUT2D eigenvalue weighted by Crippen LogP contribution is -2.50. The van der Waals surface area contributed by atoms with Crippen LogP contribution in [0.15, 0.2) is 146 Å². The number of benzene rings is 6. The highest BCUT2D eigenvalue weighted by molar-refractivity contribution is 5.71. The van der Waals surface area contributed by atoms with E-state index in [-0.39, 0.29) is 30.6 Å². The van der Waals surface area contributed by atoms with Gasteiger partial charge in [-0.15, -0.1) is 0 Å². The van der Waals surface area contributed by atoms with Gasteiger partial charge < -0.3 is 57.7 Å². The van der Waals surface area contributed by atoms with E-state index in [1.807, 2.05) is 120 Å². The average molecular weight is 1060 g/mol. The van der Waals surface area contributed by atoms with Crippen molar-refractivity contribution in [2.45, 2.75) is 40.3 Å². The maximum Gasteiger partial charge on any atom is 0.236 e. The van der Waals surface area contributed by atoms with E-state index >= 15 is 0 Å². The Bertz CT molecular complexity index is 3700. The third-order valence-electron chi connectivity index (χ3n) is 16.2. The molecule has 3 aliphatic heterocycles. The predicted molar refractivity (Wildman–Crippen MR) is 286 cm³/mol. The Morgan fingerprint density at radius 1 is 0.620 bits per heavy atom. The third-order valence-corrected chi connectivity index (χ3v) is 16.2. The molecule has 0 spiro atoms. The highest BCUT2D eigenvalue weighted by atomic mass is 16.5. The second kappa shape index (κ2) is 18.8. The molecule has 79 heavy (non-hydrogen) atoms. The Labute approximate surface area is 454 Å². The van der Waals surface area contributed by atoms with E-state index in [2.05, 4.69) is 10.3 Å². The Hall–Kier alpha value is -9.15. The molecule has 0 amide bonds. The highest BCUT2D eigenvalue weighted by Crippen LogP contribution is 2.72. The standard InChI is InChI=1S/C61H53N7O11/c1-71-40-20-16-37(17-21-40)60-50(35-12-8-6-9-13-35)44-30-63-56(65-34-62)66-54(44)58(60,69)53-47(75-5)28-43(29-49(53)79-60)77-33-39-32-76-25-24-68(39)57-64-31-45-51(36-14-10-7-11-15-36)61(38-18-22-41(72-2)23-19-38)59(70,55(45)67-57)52-46(74-4)26-42(73-3)27-48(52)78-61/h6-23,26-31,39,50-51,69-70H,24-25,32-33H2,1-5H3,(H,63,65,66)/t39?,50?,51?,58-,59-,60-,61-/m0/s1. The van der Waals surface area contributed by atoms with Crippen LogP contribution in [0, 0.1) is 11.5 Å². The lowest BCUT2D eigenvalue weighted by molar-refractivity contribution is -0.0909. The topological polar surface area (TPSA) is 214 Å². The molecule has 1 saturated heterocycles. The SMILES string of the molecule is COc1ccc([C@@]23Oc4cc(OCC5COCCN5c5ncc6c(n5)[C@@]5(O)c7c(OC)cc(OC)cc7O[C@@]5(c5ccc(OC)cc5)C6c5ccccc5)cc(OC)c4[C@]2(O)c2nc(NC#N)ncc2C3c2ccccc2)cc1. The number of fused-ring (bicyclic) bond motifs is 10. The van der Waals surface area contributed by atoms with Crippen LogP contribution in [0.25, 0.3) is 0 Å². The Balaban J connectivity index is 0.904. The van der Waals surface area contributed by atoms with Gasteiger partial charge in [0.25, 0.3) is 0 Å². The third kappa shape index (κ3) is 6.99. The largest absolute Gasteiger partial charge is 0.497 e. The first-order valence-corrected chi connectivity index (χ1v) is 25.7. The van der Waals surface area contributed by atoms with Crippen molar-refractivity contribution < 1.29 is 52.8 Å². The molecular weight excluding hydrogens is 1010 g/mol. The fraction of sp³-hybridized carbons (Fsp3) is 0.262. The number of aromatic nitrogens is 4. The Morgan fingerprint density at radius 3 is 1.65 bits per heavy atom. The summed E-state index contributed by atoms with van der Waals surface area (Å²) >= 11 is 0. The molecule has 2 aromatic heterocycles. The summed E-state index contributed by atoms with van der Waals surface area (Å²) in [6, 6.07) is 41.0. The van der Waals surface area contributed by atoms with E-state index in [0.717, 1.165) is 11.1 Å². The molecule has 6 aromatic carbocycles. The normalized spacial score (nSPS) is 24.5. The number of aliphatic hydroxyl groups is 2. The molecule has 8 aromatic rings. The molecule has 3 unspecified atom stereocenters. The number of nitrogens with zero attached hydrogens (tertiary/aromatic N) is 6. The van der Waals surface area contributed by atoms with Gasteiger partial charge in [0.05, 0.1) is 89.2 Å². The number of nitriles is 1. The summed E-state index contributed by atoms with van der Waals surface area (Å²) in [6.07, 6.45) is 5.33. The first-order chi connectivity index (χ1) is 38.6. The van der Waals surface area contributed by atoms with Crippen molar-refractivity contribution in [3.63, 3.8) is 0 Å². The minimum absolute atomic E-state index is 0.00881. The number of nitrogens with one attached hydrogen (secondary N) is 1. The zero-order valence-corrected chi connectivity index (χ0v) is 43.7. The fourth-order valence-electron chi connectivity index (χ4n) is 12.9. The van der Waals surface area contributed by atoms with Crippen LogP contribution in [0.2, 0.25) is 0 Å². The maximum atomic E-state index is 14.1. The van der Waals surface area contributed by atoms with Crippen LogP contribution in [-0.4, -0.2) is 98.1 Å². The van der Waals surface area contributed by atoms with Gasteiger partial charge in [0.2, 0.25) is 11.9 Å². The summed E-state index contributed by atoms with van der Waals surface area (Å²) in [5.41, 5.74) is -1.51. The number of hydrogen-bond acceptors (Lipinski definition) is 18. The van der Waals surface area contributed by atoms with E-state index in [0.29, 0.717) is 98.4 Å². The summed E-state index contributed by atoms with van der Waals surface area (Å²) in [5.74, 6) is 2.47. The lowest BCUT2D eigenvalue weighted by atomic mass is 9.70. The first-order valence-electron chi connectivity index (χ1n) is 25.7. The Morgan fingerprint density at radius 2 is 1.13 bits per heavy atom. The first kappa shape index (κ1) is 49.4. The van der Waals surface area contributed by atoms with E-state index in [1.165, 1.54) is 7.11 Å². The van der Waals surface area contributed by atoms with Crippen molar-refractivity contribution in [1.29, 1.82) is 5.26 Å². The number of hydrogen-bond donors (Lipinski definition) is 3. The van der Waals surface area contributed by atoms with Gasteiger partial charge in [-0.05, 0) is 35.4 Å². The van der Waals surface area contributed by atoms with Gasteiger partial charge in [0, 0.05) is 65.5 Å². The molecule has 18 nitrogen and oxygen atoms in total. The van der Waals surface area contributed by atoms with Crippen molar-refractivity contribution in [1.82, 2.24) is 19.9 Å². The molecule has 7 atom stereocenters. The zero-order valence-electron chi connectivity index (χ0n) is 43.7. The minimum Gasteiger partial charge on any atom is -0.497 e. The maximum absolute atomic E-state index is 14.1. The molecule has 5 aliphatic rings. The molecule has 398 valence electrons. The van der Waals surface area contributed by atoms with Gasteiger partial charge in [-0.25, -0.2) is 19.9 Å². The van der Waals surface area contributed by atoms with Gasteiger partial charge in [-0.2, -0.15) is 5.26 Å². The van der Waals surface area contributed by atoms with Crippen molar-refractivity contribution in [2.75, 3.05) is 72.1 Å². The highest BCUT2D eigenvalue weighted by Gasteiger charge is 2.75. The summed E-state index contributed by atoms with van der Waals surface area (Å²) in [6.45, 7) is 1.09. The van der Waals surface area contributed by atoms with Crippen LogP contribution in [-0.2, 0) is 27.1 Å². The molecule has 0 bridgehead atoms. The molecule has 1 fully saturated rings. The zero-order chi connectivity index (χ0) is 54.3. The van der Waals surface area contributed by atoms with Crippen LogP contribution in [0.5, 0.6) is 46.0 Å². The van der Waals surface area contributed by atoms with Crippen molar-refractivity contribution in [3.8, 4) is 52.2 Å². The number of methoxy groups -OCH3 is 5. The smallest absolute Gasteiger partial charge is 0.236 e. The molecule has 0 radical (unpaired) electrons. The van der Waals surface area contributed by atoms with Crippen LogP contribution in [0.3, 0.4) is 0 Å². The summed E-state index contributed by atoms with van der Waals surface area (Å²) in [7, 11) is 7.84. The fourth-order valence-corrected chi connectivity index (χ4v) is 12.9. The van der Waals surface area contributed by atoms with Gasteiger partial charge >= 0.3 is 0 Å². The van der Waals surface area contributed by atoms with Crippen molar-refractivity contribution in [3.05, 3.63) is 202 Å². The van der Waals surface area contributed by atoms with Crippen LogP contribution >= 0.6 is 0 Å². The molecule has 18 heteroatoms.